The standard InChI is InChI=1S/C12H25NOS/c1-3-11(13-2)5-4-10-15-12-6-8-14-9-7-12/h11-13H,3-10H2,1-2H3. The molecule has 1 unspecified atom stereocenters. The lowest BCUT2D eigenvalue weighted by molar-refractivity contribution is 0.100. The van der Waals surface area contributed by atoms with E-state index < -0.39 is 0 Å². The van der Waals surface area contributed by atoms with E-state index in [0.717, 1.165) is 24.5 Å². The molecule has 0 spiro atoms. The summed E-state index contributed by atoms with van der Waals surface area (Å²) in [5.41, 5.74) is 0. The molecule has 0 aliphatic carbocycles. The van der Waals surface area contributed by atoms with Crippen molar-refractivity contribution in [2.75, 3.05) is 26.0 Å². The topological polar surface area (TPSA) is 21.3 Å². The average Bonchev–Trinajstić information content (AvgIpc) is 2.31. The minimum absolute atomic E-state index is 0.722. The molecule has 3 heteroatoms. The van der Waals surface area contributed by atoms with Gasteiger partial charge in [0.05, 0.1) is 0 Å². The fourth-order valence-electron chi connectivity index (χ4n) is 1.97. The Morgan fingerprint density at radius 1 is 1.40 bits per heavy atom. The molecule has 1 aliphatic heterocycles. The van der Waals surface area contributed by atoms with Gasteiger partial charge in [0, 0.05) is 24.5 Å². The molecule has 90 valence electrons. The average molecular weight is 231 g/mol. The van der Waals surface area contributed by atoms with Crippen LogP contribution in [0.3, 0.4) is 0 Å². The summed E-state index contributed by atoms with van der Waals surface area (Å²) < 4.78 is 5.36. The van der Waals surface area contributed by atoms with Gasteiger partial charge < -0.3 is 10.1 Å². The van der Waals surface area contributed by atoms with E-state index in [1.807, 2.05) is 0 Å². The molecule has 0 aromatic carbocycles. The highest BCUT2D eigenvalue weighted by Crippen LogP contribution is 2.23. The molecular formula is C12H25NOS. The van der Waals surface area contributed by atoms with Crippen molar-refractivity contribution in [1.29, 1.82) is 0 Å². The van der Waals surface area contributed by atoms with Crippen molar-refractivity contribution in [1.82, 2.24) is 5.32 Å². The van der Waals surface area contributed by atoms with E-state index in [2.05, 4.69) is 31.1 Å². The Hall–Kier alpha value is 0.270. The van der Waals surface area contributed by atoms with Crippen molar-refractivity contribution in [3.05, 3.63) is 0 Å². The summed E-state index contributed by atoms with van der Waals surface area (Å²) in [7, 11) is 2.07. The Kier molecular flexibility index (Phi) is 7.49. The predicted molar refractivity (Wildman–Crippen MR) is 68.7 cm³/mol. The third-order valence-corrected chi connectivity index (χ3v) is 4.59. The largest absolute Gasteiger partial charge is 0.381 e. The van der Waals surface area contributed by atoms with Crippen LogP contribution in [0.15, 0.2) is 0 Å². The molecule has 1 heterocycles. The summed E-state index contributed by atoms with van der Waals surface area (Å²) >= 11 is 2.15. The molecule has 0 amide bonds. The number of thioether (sulfide) groups is 1. The zero-order valence-corrected chi connectivity index (χ0v) is 10.9. The van der Waals surface area contributed by atoms with Crippen LogP contribution in [-0.4, -0.2) is 37.3 Å². The second-order valence-electron chi connectivity index (χ2n) is 4.22. The van der Waals surface area contributed by atoms with Gasteiger partial charge in [-0.3, -0.25) is 0 Å². The number of hydrogen-bond acceptors (Lipinski definition) is 3. The number of ether oxygens (including phenoxy) is 1. The van der Waals surface area contributed by atoms with E-state index in [9.17, 15) is 0 Å². The second-order valence-corrected chi connectivity index (χ2v) is 5.63. The van der Waals surface area contributed by atoms with Gasteiger partial charge in [0.1, 0.15) is 0 Å². The van der Waals surface area contributed by atoms with Crippen LogP contribution in [0, 0.1) is 0 Å². The summed E-state index contributed by atoms with van der Waals surface area (Å²) in [6, 6.07) is 0.722. The van der Waals surface area contributed by atoms with E-state index in [-0.39, 0.29) is 0 Å². The molecule has 1 N–H and O–H groups in total. The molecule has 0 bridgehead atoms. The summed E-state index contributed by atoms with van der Waals surface area (Å²) in [5.74, 6) is 1.32. The van der Waals surface area contributed by atoms with Crippen molar-refractivity contribution in [2.24, 2.45) is 0 Å². The van der Waals surface area contributed by atoms with Crippen molar-refractivity contribution >= 4 is 11.8 Å². The van der Waals surface area contributed by atoms with Gasteiger partial charge in [-0.15, -0.1) is 0 Å². The maximum absolute atomic E-state index is 5.36. The Morgan fingerprint density at radius 2 is 2.13 bits per heavy atom. The van der Waals surface area contributed by atoms with Crippen LogP contribution in [0.2, 0.25) is 0 Å². The maximum Gasteiger partial charge on any atom is 0.0476 e. The van der Waals surface area contributed by atoms with Crippen molar-refractivity contribution in [3.8, 4) is 0 Å². The predicted octanol–water partition coefficient (Wildman–Crippen LogP) is 2.68. The summed E-state index contributed by atoms with van der Waals surface area (Å²) in [5, 5.41) is 4.23. The lowest BCUT2D eigenvalue weighted by Gasteiger charge is -2.21. The molecule has 0 aromatic heterocycles. The van der Waals surface area contributed by atoms with Crippen LogP contribution in [0.25, 0.3) is 0 Å². The van der Waals surface area contributed by atoms with Gasteiger partial charge in [-0.05, 0) is 44.9 Å². The van der Waals surface area contributed by atoms with E-state index in [4.69, 9.17) is 4.74 Å². The molecule has 1 atom stereocenters. The molecule has 1 aliphatic rings. The maximum atomic E-state index is 5.36. The fourth-order valence-corrected chi connectivity index (χ4v) is 3.17. The van der Waals surface area contributed by atoms with E-state index >= 15 is 0 Å². The minimum Gasteiger partial charge on any atom is -0.381 e. The Bertz CT molecular complexity index is 145. The first-order valence-electron chi connectivity index (χ1n) is 6.23. The Morgan fingerprint density at radius 3 is 2.73 bits per heavy atom. The van der Waals surface area contributed by atoms with Crippen LogP contribution in [0.4, 0.5) is 0 Å². The molecule has 0 radical (unpaired) electrons. The number of rotatable bonds is 7. The summed E-state index contributed by atoms with van der Waals surface area (Å²) in [6.45, 7) is 4.21. The first kappa shape index (κ1) is 13.3. The summed E-state index contributed by atoms with van der Waals surface area (Å²) in [6.07, 6.45) is 6.44. The van der Waals surface area contributed by atoms with Crippen molar-refractivity contribution in [3.63, 3.8) is 0 Å². The molecular weight excluding hydrogens is 206 g/mol. The van der Waals surface area contributed by atoms with Gasteiger partial charge in [0.25, 0.3) is 0 Å². The highest BCUT2D eigenvalue weighted by atomic mass is 32.2. The van der Waals surface area contributed by atoms with Gasteiger partial charge in [-0.1, -0.05) is 6.92 Å². The van der Waals surface area contributed by atoms with Crippen molar-refractivity contribution in [2.45, 2.75) is 50.3 Å². The van der Waals surface area contributed by atoms with E-state index in [0.29, 0.717) is 0 Å². The van der Waals surface area contributed by atoms with Gasteiger partial charge in [0.2, 0.25) is 0 Å². The summed E-state index contributed by atoms with van der Waals surface area (Å²) in [4.78, 5) is 0. The molecule has 0 saturated carbocycles. The van der Waals surface area contributed by atoms with Crippen molar-refractivity contribution < 1.29 is 4.74 Å². The Labute approximate surface area is 98.5 Å². The lowest BCUT2D eigenvalue weighted by Crippen LogP contribution is -2.24. The van der Waals surface area contributed by atoms with Crippen LogP contribution < -0.4 is 5.32 Å². The smallest absolute Gasteiger partial charge is 0.0476 e. The molecule has 1 saturated heterocycles. The molecule has 0 aromatic rings. The lowest BCUT2D eigenvalue weighted by atomic mass is 10.1. The van der Waals surface area contributed by atoms with Crippen LogP contribution in [0.5, 0.6) is 0 Å². The zero-order chi connectivity index (χ0) is 10.9. The van der Waals surface area contributed by atoms with Gasteiger partial charge in [-0.25, -0.2) is 0 Å². The zero-order valence-electron chi connectivity index (χ0n) is 10.1. The second kappa shape index (κ2) is 8.43. The molecule has 1 rings (SSSR count). The molecule has 15 heavy (non-hydrogen) atoms. The monoisotopic (exact) mass is 231 g/mol. The SMILES string of the molecule is CCC(CCCSC1CCOCC1)NC. The molecule has 2 nitrogen and oxygen atoms in total. The van der Waals surface area contributed by atoms with Gasteiger partial charge in [-0.2, -0.15) is 11.8 Å². The quantitative estimate of drug-likeness (QED) is 0.681. The first-order valence-corrected chi connectivity index (χ1v) is 7.28. The van der Waals surface area contributed by atoms with Crippen LogP contribution >= 0.6 is 11.8 Å². The fraction of sp³-hybridized carbons (Fsp3) is 1.00. The van der Waals surface area contributed by atoms with E-state index in [1.54, 1.807) is 0 Å². The number of nitrogens with one attached hydrogen (secondary N) is 1. The van der Waals surface area contributed by atoms with Gasteiger partial charge in [0.15, 0.2) is 0 Å². The highest BCUT2D eigenvalue weighted by Gasteiger charge is 2.13. The number of hydrogen-bond donors (Lipinski definition) is 1. The van der Waals surface area contributed by atoms with E-state index in [1.165, 1.54) is 37.9 Å². The van der Waals surface area contributed by atoms with Crippen LogP contribution in [0.1, 0.15) is 39.0 Å². The van der Waals surface area contributed by atoms with Crippen LogP contribution in [-0.2, 0) is 4.74 Å². The molecule has 1 fully saturated rings. The normalized spacial score (nSPS) is 20.4. The minimum atomic E-state index is 0.722. The highest BCUT2D eigenvalue weighted by molar-refractivity contribution is 7.99. The third-order valence-electron chi connectivity index (χ3n) is 3.12. The third kappa shape index (κ3) is 5.79. The van der Waals surface area contributed by atoms with Gasteiger partial charge >= 0.3 is 0 Å². The first-order chi connectivity index (χ1) is 7.36. The Balaban J connectivity index is 1.95.